The van der Waals surface area contributed by atoms with Crippen LogP contribution < -0.4 is 5.32 Å². The quantitative estimate of drug-likeness (QED) is 0.899. The third-order valence-corrected chi connectivity index (χ3v) is 6.00. The van der Waals surface area contributed by atoms with Crippen molar-refractivity contribution in [1.82, 2.24) is 15.1 Å². The number of sulfone groups is 1. The zero-order chi connectivity index (χ0) is 18.2. The average Bonchev–Trinajstić information content (AvgIpc) is 3.11. The second-order valence-corrected chi connectivity index (χ2v) is 8.79. The van der Waals surface area contributed by atoms with Crippen LogP contribution in [0, 0.1) is 5.82 Å². The number of nitrogens with one attached hydrogen (secondary N) is 1. The monoisotopic (exact) mass is 365 g/mol. The minimum atomic E-state index is -3.06. The molecule has 1 amide bonds. The van der Waals surface area contributed by atoms with E-state index in [4.69, 9.17) is 0 Å². The molecule has 6 nitrogen and oxygen atoms in total. The number of rotatable bonds is 4. The van der Waals surface area contributed by atoms with Crippen molar-refractivity contribution in [2.75, 3.05) is 11.5 Å². The van der Waals surface area contributed by atoms with Gasteiger partial charge in [0.05, 0.1) is 34.6 Å². The van der Waals surface area contributed by atoms with Crippen LogP contribution in [0.2, 0.25) is 0 Å². The lowest BCUT2D eigenvalue weighted by atomic mass is 10.0. The Bertz CT molecular complexity index is 888. The van der Waals surface area contributed by atoms with E-state index in [9.17, 15) is 17.6 Å². The van der Waals surface area contributed by atoms with Crippen LogP contribution in [-0.2, 0) is 9.84 Å². The summed E-state index contributed by atoms with van der Waals surface area (Å²) in [6, 6.07) is 5.50. The summed E-state index contributed by atoms with van der Waals surface area (Å²) in [4.78, 5) is 12.6. The Kier molecular flexibility index (Phi) is 4.64. The van der Waals surface area contributed by atoms with E-state index in [-0.39, 0.29) is 35.2 Å². The van der Waals surface area contributed by atoms with E-state index < -0.39 is 9.84 Å². The van der Waals surface area contributed by atoms with Gasteiger partial charge in [-0.15, -0.1) is 0 Å². The second kappa shape index (κ2) is 6.59. The van der Waals surface area contributed by atoms with Crippen molar-refractivity contribution in [3.05, 3.63) is 47.5 Å². The summed E-state index contributed by atoms with van der Waals surface area (Å²) in [5, 5.41) is 7.07. The minimum absolute atomic E-state index is 0.000568. The molecule has 1 fully saturated rings. The molecule has 1 aliphatic rings. The van der Waals surface area contributed by atoms with Crippen molar-refractivity contribution in [3.63, 3.8) is 0 Å². The predicted molar refractivity (Wildman–Crippen MR) is 92.1 cm³/mol. The summed E-state index contributed by atoms with van der Waals surface area (Å²) >= 11 is 0. The third-order valence-electron chi connectivity index (χ3n) is 4.24. The van der Waals surface area contributed by atoms with Crippen LogP contribution in [0.25, 0.3) is 5.69 Å². The lowest BCUT2D eigenvalue weighted by Gasteiger charge is -2.14. The number of hydrogen-bond acceptors (Lipinski definition) is 4. The summed E-state index contributed by atoms with van der Waals surface area (Å²) in [5.41, 5.74) is 1.76. The fraction of sp³-hybridized carbons (Fsp3) is 0.412. The van der Waals surface area contributed by atoms with Crippen molar-refractivity contribution in [1.29, 1.82) is 0 Å². The van der Waals surface area contributed by atoms with Gasteiger partial charge in [-0.05, 0) is 36.6 Å². The molecule has 1 aromatic heterocycles. The van der Waals surface area contributed by atoms with Gasteiger partial charge in [-0.3, -0.25) is 4.79 Å². The number of aromatic nitrogens is 2. The van der Waals surface area contributed by atoms with Crippen LogP contribution in [0.5, 0.6) is 0 Å². The van der Waals surface area contributed by atoms with E-state index >= 15 is 0 Å². The van der Waals surface area contributed by atoms with Crippen LogP contribution in [0.15, 0.2) is 30.5 Å². The average molecular weight is 365 g/mol. The van der Waals surface area contributed by atoms with Crippen molar-refractivity contribution in [2.24, 2.45) is 0 Å². The van der Waals surface area contributed by atoms with Gasteiger partial charge in [0, 0.05) is 6.04 Å². The standard InChI is InChI=1S/C17H20FN3O3S/c1-11(2)16-15(17(22)20-13-7-8-25(23,24)10-13)9-19-21(16)14-5-3-12(18)4-6-14/h3-6,9,11,13H,7-8,10H2,1-2H3,(H,20,22)/t13-/m0/s1. The highest BCUT2D eigenvalue weighted by molar-refractivity contribution is 7.91. The van der Waals surface area contributed by atoms with Crippen molar-refractivity contribution >= 4 is 15.7 Å². The Morgan fingerprint density at radius 1 is 1.32 bits per heavy atom. The van der Waals surface area contributed by atoms with Gasteiger partial charge in [-0.2, -0.15) is 5.10 Å². The molecule has 8 heteroatoms. The maximum Gasteiger partial charge on any atom is 0.255 e. The molecule has 3 rings (SSSR count). The van der Waals surface area contributed by atoms with Gasteiger partial charge < -0.3 is 5.32 Å². The van der Waals surface area contributed by atoms with Gasteiger partial charge in [-0.1, -0.05) is 13.8 Å². The van der Waals surface area contributed by atoms with Gasteiger partial charge >= 0.3 is 0 Å². The van der Waals surface area contributed by atoms with E-state index in [1.54, 1.807) is 16.8 Å². The molecule has 0 bridgehead atoms. The van der Waals surface area contributed by atoms with Gasteiger partial charge in [0.15, 0.2) is 9.84 Å². The Morgan fingerprint density at radius 2 is 2.00 bits per heavy atom. The molecule has 1 aliphatic heterocycles. The molecule has 0 aliphatic carbocycles. The lowest BCUT2D eigenvalue weighted by molar-refractivity contribution is 0.0939. The smallest absolute Gasteiger partial charge is 0.255 e. The summed E-state index contributed by atoms with van der Waals surface area (Å²) in [7, 11) is -3.06. The van der Waals surface area contributed by atoms with Crippen LogP contribution >= 0.6 is 0 Å². The van der Waals surface area contributed by atoms with Crippen LogP contribution in [0.1, 0.15) is 42.2 Å². The van der Waals surface area contributed by atoms with Gasteiger partial charge in [0.2, 0.25) is 0 Å². The molecular weight excluding hydrogens is 345 g/mol. The fourth-order valence-corrected chi connectivity index (χ4v) is 4.72. The number of halogens is 1. The topological polar surface area (TPSA) is 81.1 Å². The largest absolute Gasteiger partial charge is 0.348 e. The van der Waals surface area contributed by atoms with E-state index in [0.717, 1.165) is 0 Å². The minimum Gasteiger partial charge on any atom is -0.348 e. The molecule has 1 saturated heterocycles. The molecule has 1 N–H and O–H groups in total. The number of nitrogens with zero attached hydrogens (tertiary/aromatic N) is 2. The Hall–Kier alpha value is -2.22. The Balaban J connectivity index is 1.89. The molecule has 25 heavy (non-hydrogen) atoms. The van der Waals surface area contributed by atoms with Gasteiger partial charge in [-0.25, -0.2) is 17.5 Å². The summed E-state index contributed by atoms with van der Waals surface area (Å²) in [6.07, 6.45) is 1.90. The summed E-state index contributed by atoms with van der Waals surface area (Å²) in [6.45, 7) is 3.88. The lowest BCUT2D eigenvalue weighted by Crippen LogP contribution is -2.36. The second-order valence-electron chi connectivity index (χ2n) is 6.56. The zero-order valence-corrected chi connectivity index (χ0v) is 14.9. The number of carbonyl (C=O) groups is 1. The number of amides is 1. The third kappa shape index (κ3) is 3.73. The number of carbonyl (C=O) groups excluding carboxylic acids is 1. The highest BCUT2D eigenvalue weighted by Gasteiger charge is 2.30. The van der Waals surface area contributed by atoms with E-state index in [1.165, 1.54) is 18.3 Å². The first-order valence-corrected chi connectivity index (χ1v) is 9.94. The zero-order valence-electron chi connectivity index (χ0n) is 14.1. The summed E-state index contributed by atoms with van der Waals surface area (Å²) in [5.74, 6) is -0.603. The maximum absolute atomic E-state index is 13.1. The molecule has 2 aromatic rings. The molecule has 0 unspecified atom stereocenters. The molecule has 2 heterocycles. The molecular formula is C17H20FN3O3S. The van der Waals surface area contributed by atoms with Crippen LogP contribution in [0.3, 0.4) is 0 Å². The molecule has 0 radical (unpaired) electrons. The highest BCUT2D eigenvalue weighted by atomic mass is 32.2. The number of hydrogen-bond donors (Lipinski definition) is 1. The van der Waals surface area contributed by atoms with Gasteiger partial charge in [0.25, 0.3) is 5.91 Å². The molecule has 134 valence electrons. The van der Waals surface area contributed by atoms with Gasteiger partial charge in [0.1, 0.15) is 5.82 Å². The van der Waals surface area contributed by atoms with Crippen molar-refractivity contribution in [2.45, 2.75) is 32.2 Å². The van der Waals surface area contributed by atoms with Crippen LogP contribution in [0.4, 0.5) is 4.39 Å². The maximum atomic E-state index is 13.1. The molecule has 0 saturated carbocycles. The van der Waals surface area contributed by atoms with Crippen molar-refractivity contribution < 1.29 is 17.6 Å². The normalized spacial score (nSPS) is 19.3. The molecule has 0 spiro atoms. The Morgan fingerprint density at radius 3 is 2.56 bits per heavy atom. The van der Waals surface area contributed by atoms with E-state index in [0.29, 0.717) is 23.4 Å². The molecule has 1 aromatic carbocycles. The van der Waals surface area contributed by atoms with Crippen LogP contribution in [-0.4, -0.2) is 41.7 Å². The predicted octanol–water partition coefficient (Wildman–Crippen LogP) is 2.05. The first kappa shape index (κ1) is 17.6. The first-order valence-electron chi connectivity index (χ1n) is 8.12. The fourth-order valence-electron chi connectivity index (χ4n) is 3.05. The number of benzene rings is 1. The first-order chi connectivity index (χ1) is 11.8. The van der Waals surface area contributed by atoms with E-state index in [2.05, 4.69) is 10.4 Å². The SMILES string of the molecule is CC(C)c1c(C(=O)N[C@H]2CCS(=O)(=O)C2)cnn1-c1ccc(F)cc1. The molecule has 1 atom stereocenters. The van der Waals surface area contributed by atoms with E-state index in [1.807, 2.05) is 13.8 Å². The van der Waals surface area contributed by atoms with Crippen molar-refractivity contribution in [3.8, 4) is 5.69 Å². The Labute approximate surface area is 146 Å². The highest BCUT2D eigenvalue weighted by Crippen LogP contribution is 2.24. The summed E-state index contributed by atoms with van der Waals surface area (Å²) < 4.78 is 37.9.